The minimum atomic E-state index is -3.65. The van der Waals surface area contributed by atoms with Crippen molar-refractivity contribution in [3.05, 3.63) is 45.9 Å². The Morgan fingerprint density at radius 2 is 1.92 bits per heavy atom. The van der Waals surface area contributed by atoms with E-state index in [9.17, 15) is 17.6 Å². The molecule has 9 heteroatoms. The summed E-state index contributed by atoms with van der Waals surface area (Å²) in [6.07, 6.45) is 1.19. The molecule has 7 nitrogen and oxygen atoms in total. The highest BCUT2D eigenvalue weighted by molar-refractivity contribution is 7.89. The van der Waals surface area contributed by atoms with Crippen LogP contribution in [0.3, 0.4) is 0 Å². The standard InChI is InChI=1S/C17H23FN4O3S/c1-4-22-16(19-20(3)17(22)23)13-7-9-21(10-8-13)26(24,25)14-5-6-15(18)12(2)11-14/h5-6,11,13H,4,7-10H2,1-3H3. The minimum Gasteiger partial charge on any atom is -0.279 e. The van der Waals surface area contributed by atoms with E-state index in [1.165, 1.54) is 27.2 Å². The minimum absolute atomic E-state index is 0.0465. The average molecular weight is 382 g/mol. The molecule has 0 spiro atoms. The number of halogens is 1. The molecular weight excluding hydrogens is 359 g/mol. The highest BCUT2D eigenvalue weighted by atomic mass is 32.2. The normalized spacial score (nSPS) is 16.9. The molecule has 26 heavy (non-hydrogen) atoms. The maximum absolute atomic E-state index is 13.4. The summed E-state index contributed by atoms with van der Waals surface area (Å²) in [6, 6.07) is 3.85. The predicted molar refractivity (Wildman–Crippen MR) is 95.0 cm³/mol. The number of aromatic nitrogens is 3. The van der Waals surface area contributed by atoms with Crippen molar-refractivity contribution in [1.82, 2.24) is 18.7 Å². The summed E-state index contributed by atoms with van der Waals surface area (Å²) < 4.78 is 43.4. The van der Waals surface area contributed by atoms with Crippen LogP contribution in [0.1, 0.15) is 37.1 Å². The first-order valence-electron chi connectivity index (χ1n) is 8.65. The molecule has 0 amide bonds. The van der Waals surface area contributed by atoms with E-state index < -0.39 is 15.8 Å². The quantitative estimate of drug-likeness (QED) is 0.805. The van der Waals surface area contributed by atoms with E-state index in [0.29, 0.717) is 38.0 Å². The van der Waals surface area contributed by atoms with Crippen molar-refractivity contribution < 1.29 is 12.8 Å². The van der Waals surface area contributed by atoms with E-state index in [4.69, 9.17) is 0 Å². The molecule has 0 saturated carbocycles. The first-order valence-corrected chi connectivity index (χ1v) is 10.1. The summed E-state index contributed by atoms with van der Waals surface area (Å²) in [4.78, 5) is 12.2. The summed E-state index contributed by atoms with van der Waals surface area (Å²) in [5.74, 6) is 0.343. The summed E-state index contributed by atoms with van der Waals surface area (Å²) in [7, 11) is -2.03. The second kappa shape index (κ2) is 6.96. The van der Waals surface area contributed by atoms with Gasteiger partial charge in [0.05, 0.1) is 4.90 Å². The molecule has 1 fully saturated rings. The van der Waals surface area contributed by atoms with Gasteiger partial charge in [0.15, 0.2) is 0 Å². The molecule has 0 unspecified atom stereocenters. The Morgan fingerprint density at radius 1 is 1.27 bits per heavy atom. The van der Waals surface area contributed by atoms with Gasteiger partial charge in [-0.3, -0.25) is 4.57 Å². The third-order valence-corrected chi connectivity index (χ3v) is 6.83. The van der Waals surface area contributed by atoms with Gasteiger partial charge < -0.3 is 0 Å². The first-order chi connectivity index (χ1) is 12.3. The van der Waals surface area contributed by atoms with Crippen molar-refractivity contribution in [2.45, 2.75) is 44.0 Å². The monoisotopic (exact) mass is 382 g/mol. The van der Waals surface area contributed by atoms with Crippen molar-refractivity contribution >= 4 is 10.0 Å². The molecule has 1 aromatic carbocycles. The molecule has 1 aliphatic heterocycles. The number of sulfonamides is 1. The van der Waals surface area contributed by atoms with E-state index in [0.717, 1.165) is 5.82 Å². The van der Waals surface area contributed by atoms with E-state index in [1.54, 1.807) is 18.5 Å². The van der Waals surface area contributed by atoms with Crippen LogP contribution in [0.5, 0.6) is 0 Å². The van der Waals surface area contributed by atoms with Gasteiger partial charge in [0, 0.05) is 32.6 Å². The molecule has 0 aliphatic carbocycles. The van der Waals surface area contributed by atoms with Crippen LogP contribution < -0.4 is 5.69 Å². The maximum atomic E-state index is 13.4. The van der Waals surface area contributed by atoms with Crippen LogP contribution in [0.2, 0.25) is 0 Å². The fraction of sp³-hybridized carbons (Fsp3) is 0.529. The summed E-state index contributed by atoms with van der Waals surface area (Å²) in [5, 5.41) is 4.33. The highest BCUT2D eigenvalue weighted by Gasteiger charge is 2.32. The zero-order valence-electron chi connectivity index (χ0n) is 15.1. The van der Waals surface area contributed by atoms with Gasteiger partial charge in [-0.2, -0.15) is 9.40 Å². The lowest BCUT2D eigenvalue weighted by Gasteiger charge is -2.30. The molecule has 2 heterocycles. The Labute approximate surface area is 152 Å². The van der Waals surface area contributed by atoms with Crippen LogP contribution in [0.25, 0.3) is 0 Å². The van der Waals surface area contributed by atoms with Crippen molar-refractivity contribution in [2.24, 2.45) is 7.05 Å². The van der Waals surface area contributed by atoms with E-state index in [1.807, 2.05) is 6.92 Å². The van der Waals surface area contributed by atoms with Crippen molar-refractivity contribution in [2.75, 3.05) is 13.1 Å². The molecule has 0 N–H and O–H groups in total. The second-order valence-corrected chi connectivity index (χ2v) is 8.54. The number of rotatable bonds is 4. The zero-order chi connectivity index (χ0) is 19.1. The molecular formula is C17H23FN4O3S. The Bertz CT molecular complexity index is 972. The number of hydrogen-bond acceptors (Lipinski definition) is 4. The Kier molecular flexibility index (Phi) is 5.03. The molecule has 142 valence electrons. The molecule has 0 radical (unpaired) electrons. The lowest BCUT2D eigenvalue weighted by Crippen LogP contribution is -2.38. The van der Waals surface area contributed by atoms with Gasteiger partial charge in [0.1, 0.15) is 11.6 Å². The Balaban J connectivity index is 1.79. The topological polar surface area (TPSA) is 77.2 Å². The molecule has 3 rings (SSSR count). The van der Waals surface area contributed by atoms with Crippen LogP contribution in [0, 0.1) is 12.7 Å². The summed E-state index contributed by atoms with van der Waals surface area (Å²) >= 11 is 0. The number of hydrogen-bond donors (Lipinski definition) is 0. The van der Waals surface area contributed by atoms with Crippen LogP contribution >= 0.6 is 0 Å². The fourth-order valence-electron chi connectivity index (χ4n) is 3.40. The van der Waals surface area contributed by atoms with Crippen molar-refractivity contribution in [3.63, 3.8) is 0 Å². The summed E-state index contributed by atoms with van der Waals surface area (Å²) in [6.45, 7) is 4.67. The zero-order valence-corrected chi connectivity index (χ0v) is 16.0. The Morgan fingerprint density at radius 3 is 2.50 bits per heavy atom. The maximum Gasteiger partial charge on any atom is 0.345 e. The van der Waals surface area contributed by atoms with Gasteiger partial charge >= 0.3 is 5.69 Å². The number of nitrogens with zero attached hydrogens (tertiary/aromatic N) is 4. The molecule has 1 aliphatic rings. The fourth-order valence-corrected chi connectivity index (χ4v) is 4.96. The van der Waals surface area contributed by atoms with Gasteiger partial charge in [-0.25, -0.2) is 22.3 Å². The van der Waals surface area contributed by atoms with Crippen LogP contribution in [-0.2, 0) is 23.6 Å². The van der Waals surface area contributed by atoms with Crippen LogP contribution in [-0.4, -0.2) is 40.2 Å². The first kappa shape index (κ1) is 18.8. The third kappa shape index (κ3) is 3.21. The molecule has 1 saturated heterocycles. The number of aryl methyl sites for hydroxylation is 2. The second-order valence-electron chi connectivity index (χ2n) is 6.60. The average Bonchev–Trinajstić information content (AvgIpc) is 2.91. The lowest BCUT2D eigenvalue weighted by molar-refractivity contribution is 0.308. The van der Waals surface area contributed by atoms with Gasteiger partial charge in [-0.05, 0) is 50.5 Å². The van der Waals surface area contributed by atoms with Crippen LogP contribution in [0.4, 0.5) is 4.39 Å². The largest absolute Gasteiger partial charge is 0.345 e. The van der Waals surface area contributed by atoms with E-state index in [2.05, 4.69) is 5.10 Å². The summed E-state index contributed by atoms with van der Waals surface area (Å²) in [5.41, 5.74) is 0.153. The van der Waals surface area contributed by atoms with Crippen LogP contribution in [0.15, 0.2) is 27.9 Å². The van der Waals surface area contributed by atoms with Gasteiger partial charge in [0.2, 0.25) is 10.0 Å². The predicted octanol–water partition coefficient (Wildman–Crippen LogP) is 1.62. The Hall–Kier alpha value is -2.00. The van der Waals surface area contributed by atoms with Crippen molar-refractivity contribution in [3.8, 4) is 0 Å². The van der Waals surface area contributed by atoms with E-state index >= 15 is 0 Å². The van der Waals surface area contributed by atoms with E-state index in [-0.39, 0.29) is 16.5 Å². The lowest BCUT2D eigenvalue weighted by atomic mass is 9.97. The molecule has 2 aromatic rings. The van der Waals surface area contributed by atoms with Gasteiger partial charge in [0.25, 0.3) is 0 Å². The highest BCUT2D eigenvalue weighted by Crippen LogP contribution is 2.29. The van der Waals surface area contributed by atoms with Gasteiger partial charge in [-0.15, -0.1) is 0 Å². The molecule has 0 bridgehead atoms. The SMILES string of the molecule is CCn1c(C2CCN(S(=O)(=O)c3ccc(F)c(C)c3)CC2)nn(C)c1=O. The number of benzene rings is 1. The van der Waals surface area contributed by atoms with Crippen molar-refractivity contribution in [1.29, 1.82) is 0 Å². The molecule has 1 aromatic heterocycles. The molecule has 0 atom stereocenters. The van der Waals surface area contributed by atoms with Gasteiger partial charge in [-0.1, -0.05) is 0 Å². The number of piperidine rings is 1. The third-order valence-electron chi connectivity index (χ3n) is 4.94. The smallest absolute Gasteiger partial charge is 0.279 e.